The topological polar surface area (TPSA) is 128 Å². The van der Waals surface area contributed by atoms with E-state index in [4.69, 9.17) is 14.6 Å². The molecule has 3 aromatic carbocycles. The standard InChI is InChI=1S/C30H25N3O6S/c1-2-15-38-29(36)25(16-26-32-33-27(40-26)18-11-13-19(14-12-18)28(34)35)31-30(37)39-17-24-22-9-5-3-7-20(22)21-8-4-6-10-23(21)24/h2-14,24-25H,1,15-17H2,(H,31,37)(H,34,35). The van der Waals surface area contributed by atoms with Gasteiger partial charge in [0.05, 0.1) is 5.56 Å². The lowest BCUT2D eigenvalue weighted by atomic mass is 9.98. The van der Waals surface area contributed by atoms with Crippen LogP contribution in [0.2, 0.25) is 0 Å². The highest BCUT2D eigenvalue weighted by Gasteiger charge is 2.30. The van der Waals surface area contributed by atoms with Crippen LogP contribution >= 0.6 is 11.3 Å². The highest BCUT2D eigenvalue weighted by atomic mass is 32.1. The summed E-state index contributed by atoms with van der Waals surface area (Å²) in [5.74, 6) is -1.80. The van der Waals surface area contributed by atoms with E-state index in [2.05, 4.69) is 34.2 Å². The monoisotopic (exact) mass is 555 g/mol. The first kappa shape index (κ1) is 26.8. The Morgan fingerprint density at radius 3 is 2.23 bits per heavy atom. The summed E-state index contributed by atoms with van der Waals surface area (Å²) in [5, 5.41) is 21.1. The van der Waals surface area contributed by atoms with E-state index in [1.807, 2.05) is 36.4 Å². The molecule has 0 spiro atoms. The maximum absolute atomic E-state index is 12.9. The van der Waals surface area contributed by atoms with Crippen molar-refractivity contribution in [2.75, 3.05) is 13.2 Å². The predicted molar refractivity (Wildman–Crippen MR) is 149 cm³/mol. The number of hydrogen-bond donors (Lipinski definition) is 2. The molecule has 0 radical (unpaired) electrons. The third-order valence-electron chi connectivity index (χ3n) is 6.49. The van der Waals surface area contributed by atoms with Crippen molar-refractivity contribution in [3.63, 3.8) is 0 Å². The average Bonchev–Trinajstić information content (AvgIpc) is 3.57. The van der Waals surface area contributed by atoms with Gasteiger partial charge in [0.2, 0.25) is 0 Å². The largest absolute Gasteiger partial charge is 0.478 e. The number of carboxylic acids is 1. The van der Waals surface area contributed by atoms with Crippen molar-refractivity contribution in [1.29, 1.82) is 0 Å². The van der Waals surface area contributed by atoms with E-state index in [1.165, 1.54) is 29.5 Å². The fourth-order valence-electron chi connectivity index (χ4n) is 4.60. The molecule has 1 aliphatic carbocycles. The number of aromatic nitrogens is 2. The van der Waals surface area contributed by atoms with Gasteiger partial charge in [-0.05, 0) is 34.4 Å². The number of amides is 1. The molecule has 10 heteroatoms. The van der Waals surface area contributed by atoms with E-state index in [9.17, 15) is 14.4 Å². The second-order valence-corrected chi connectivity index (χ2v) is 10.1. The zero-order chi connectivity index (χ0) is 28.1. The Balaban J connectivity index is 1.27. The highest BCUT2D eigenvalue weighted by molar-refractivity contribution is 7.14. The third kappa shape index (κ3) is 5.76. The van der Waals surface area contributed by atoms with Gasteiger partial charge in [0, 0.05) is 17.9 Å². The second-order valence-electron chi connectivity index (χ2n) is 9.03. The number of fused-ring (bicyclic) bond motifs is 3. The number of carboxylic acid groups (broad SMARTS) is 1. The molecular formula is C30H25N3O6S. The van der Waals surface area contributed by atoms with Gasteiger partial charge >= 0.3 is 18.0 Å². The summed E-state index contributed by atoms with van der Waals surface area (Å²) >= 11 is 1.23. The van der Waals surface area contributed by atoms with Crippen molar-refractivity contribution in [3.05, 3.63) is 107 Å². The van der Waals surface area contributed by atoms with E-state index in [-0.39, 0.29) is 31.1 Å². The molecule has 202 valence electrons. The van der Waals surface area contributed by atoms with Gasteiger partial charge in [0.15, 0.2) is 0 Å². The molecule has 0 saturated heterocycles. The maximum atomic E-state index is 12.9. The van der Waals surface area contributed by atoms with Crippen LogP contribution in [0.25, 0.3) is 21.7 Å². The first-order valence-electron chi connectivity index (χ1n) is 12.5. The Labute approximate surface area is 234 Å². The maximum Gasteiger partial charge on any atom is 0.407 e. The first-order chi connectivity index (χ1) is 19.4. The lowest BCUT2D eigenvalue weighted by Crippen LogP contribution is -2.44. The Morgan fingerprint density at radius 2 is 1.60 bits per heavy atom. The van der Waals surface area contributed by atoms with Crippen molar-refractivity contribution in [2.45, 2.75) is 18.4 Å². The normalized spacial score (nSPS) is 12.6. The molecule has 1 aliphatic rings. The number of alkyl carbamates (subject to hydrolysis) is 1. The molecule has 5 rings (SSSR count). The van der Waals surface area contributed by atoms with Crippen molar-refractivity contribution < 1.29 is 29.0 Å². The summed E-state index contributed by atoms with van der Waals surface area (Å²) in [4.78, 5) is 36.8. The number of nitrogens with zero attached hydrogens (tertiary/aromatic N) is 2. The summed E-state index contributed by atoms with van der Waals surface area (Å²) in [5.41, 5.74) is 5.23. The Bertz CT molecular complexity index is 1520. The lowest BCUT2D eigenvalue weighted by molar-refractivity contribution is -0.144. The van der Waals surface area contributed by atoms with Crippen molar-refractivity contribution in [3.8, 4) is 21.7 Å². The van der Waals surface area contributed by atoms with Gasteiger partial charge in [0.1, 0.15) is 29.3 Å². The van der Waals surface area contributed by atoms with Crippen molar-refractivity contribution >= 4 is 29.4 Å². The molecule has 9 nitrogen and oxygen atoms in total. The van der Waals surface area contributed by atoms with Crippen LogP contribution in [0.1, 0.15) is 32.4 Å². The van der Waals surface area contributed by atoms with Crippen LogP contribution in [0, 0.1) is 0 Å². The number of esters is 1. The molecule has 0 fully saturated rings. The van der Waals surface area contributed by atoms with E-state index < -0.39 is 24.1 Å². The predicted octanol–water partition coefficient (Wildman–Crippen LogP) is 5.08. The zero-order valence-corrected chi connectivity index (χ0v) is 22.1. The molecular weight excluding hydrogens is 530 g/mol. The van der Waals surface area contributed by atoms with Crippen LogP contribution < -0.4 is 5.32 Å². The average molecular weight is 556 g/mol. The zero-order valence-electron chi connectivity index (χ0n) is 21.3. The van der Waals surface area contributed by atoms with Crippen molar-refractivity contribution in [1.82, 2.24) is 15.5 Å². The second kappa shape index (κ2) is 11.9. The summed E-state index contributed by atoms with van der Waals surface area (Å²) < 4.78 is 10.8. The number of ether oxygens (including phenoxy) is 2. The summed E-state index contributed by atoms with van der Waals surface area (Å²) in [6.07, 6.45) is 0.716. The number of aromatic carboxylic acids is 1. The number of carbonyl (C=O) groups is 3. The van der Waals surface area contributed by atoms with Gasteiger partial charge in [0.25, 0.3) is 0 Å². The summed E-state index contributed by atoms with van der Waals surface area (Å²) in [6.45, 7) is 3.64. The molecule has 2 N–H and O–H groups in total. The third-order valence-corrected chi connectivity index (χ3v) is 7.48. The van der Waals surface area contributed by atoms with Gasteiger partial charge in [-0.25, -0.2) is 14.4 Å². The number of hydrogen-bond acceptors (Lipinski definition) is 8. The number of carbonyl (C=O) groups excluding carboxylic acids is 2. The van der Waals surface area contributed by atoms with Crippen molar-refractivity contribution in [2.24, 2.45) is 0 Å². The Kier molecular flexibility index (Phi) is 7.97. The van der Waals surface area contributed by atoms with Gasteiger partial charge in [-0.2, -0.15) is 0 Å². The van der Waals surface area contributed by atoms with Crippen LogP contribution in [0.5, 0.6) is 0 Å². The minimum absolute atomic E-state index is 0.0149. The Morgan fingerprint density at radius 1 is 0.950 bits per heavy atom. The van der Waals surface area contributed by atoms with Crippen LogP contribution in [0.15, 0.2) is 85.5 Å². The molecule has 40 heavy (non-hydrogen) atoms. The molecule has 1 heterocycles. The van der Waals surface area contributed by atoms with Crippen LogP contribution in [0.4, 0.5) is 4.79 Å². The number of nitrogens with one attached hydrogen (secondary N) is 1. The van der Waals surface area contributed by atoms with Crippen LogP contribution in [-0.4, -0.2) is 52.6 Å². The molecule has 4 aromatic rings. The molecule has 1 amide bonds. The quantitative estimate of drug-likeness (QED) is 0.205. The first-order valence-corrected chi connectivity index (χ1v) is 13.3. The van der Waals surface area contributed by atoms with Gasteiger partial charge in [-0.15, -0.1) is 10.2 Å². The number of benzene rings is 3. The minimum atomic E-state index is -1.06. The molecule has 1 unspecified atom stereocenters. The number of rotatable bonds is 10. The fourth-order valence-corrected chi connectivity index (χ4v) is 5.49. The molecule has 0 aliphatic heterocycles. The van der Waals surface area contributed by atoms with Crippen LogP contribution in [0.3, 0.4) is 0 Å². The molecule has 1 atom stereocenters. The van der Waals surface area contributed by atoms with E-state index in [0.29, 0.717) is 15.6 Å². The fraction of sp³-hybridized carbons (Fsp3) is 0.167. The molecule has 1 aromatic heterocycles. The van der Waals surface area contributed by atoms with Crippen LogP contribution in [-0.2, 0) is 20.7 Å². The molecule has 0 bridgehead atoms. The van der Waals surface area contributed by atoms with E-state index in [1.54, 1.807) is 12.1 Å². The smallest absolute Gasteiger partial charge is 0.407 e. The highest BCUT2D eigenvalue weighted by Crippen LogP contribution is 2.44. The summed E-state index contributed by atoms with van der Waals surface area (Å²) in [6, 6.07) is 21.2. The lowest BCUT2D eigenvalue weighted by Gasteiger charge is -2.18. The van der Waals surface area contributed by atoms with E-state index >= 15 is 0 Å². The van der Waals surface area contributed by atoms with Gasteiger partial charge in [-0.3, -0.25) is 0 Å². The Hall–Kier alpha value is -4.83. The SMILES string of the molecule is C=CCOC(=O)C(Cc1nnc(-c2ccc(C(=O)O)cc2)s1)NC(=O)OCC1c2ccccc2-c2ccccc21. The van der Waals surface area contributed by atoms with Gasteiger partial charge in [-0.1, -0.05) is 84.7 Å². The van der Waals surface area contributed by atoms with E-state index in [0.717, 1.165) is 22.3 Å². The minimum Gasteiger partial charge on any atom is -0.478 e. The van der Waals surface area contributed by atoms with Gasteiger partial charge < -0.3 is 19.9 Å². The summed E-state index contributed by atoms with van der Waals surface area (Å²) in [7, 11) is 0. The molecule has 0 saturated carbocycles.